The highest BCUT2D eigenvalue weighted by Gasteiger charge is 2.61. The fourth-order valence-corrected chi connectivity index (χ4v) is 6.36. The summed E-state index contributed by atoms with van der Waals surface area (Å²) in [6.45, 7) is 0. The lowest BCUT2D eigenvalue weighted by molar-refractivity contribution is -0.0772. The van der Waals surface area contributed by atoms with Gasteiger partial charge in [-0.2, -0.15) is 0 Å². The van der Waals surface area contributed by atoms with Crippen LogP contribution >= 0.6 is 11.6 Å². The van der Waals surface area contributed by atoms with Crippen molar-refractivity contribution in [3.8, 4) is 11.6 Å². The number of pyridine rings is 1. The van der Waals surface area contributed by atoms with E-state index in [9.17, 15) is 0 Å². The van der Waals surface area contributed by atoms with Crippen LogP contribution in [0.3, 0.4) is 0 Å². The smallest absolute Gasteiger partial charge is 0.266 e. The van der Waals surface area contributed by atoms with Crippen molar-refractivity contribution in [2.75, 3.05) is 0 Å². The Balaban J connectivity index is 1.41. The molecule has 4 saturated carbocycles. The average molecular weight is 383 g/mol. The molecular weight excluding hydrogens is 364 g/mol. The van der Waals surface area contributed by atoms with E-state index in [0.29, 0.717) is 23.0 Å². The van der Waals surface area contributed by atoms with Gasteiger partial charge in [0.15, 0.2) is 0 Å². The van der Waals surface area contributed by atoms with Gasteiger partial charge in [-0.25, -0.2) is 9.67 Å². The highest BCUT2D eigenvalue weighted by Crippen LogP contribution is 2.64. The number of hydrogen-bond donors (Lipinski definition) is 0. The summed E-state index contributed by atoms with van der Waals surface area (Å²) in [5.74, 6) is 2.56. The van der Waals surface area contributed by atoms with Gasteiger partial charge in [0.25, 0.3) is 5.89 Å². The standard InChI is InChI=1S/C19H19ClN6O/c20-17-22-11-26(25-17)19-8-12-5-13(9-19)7-18(6-12,10-19)16-24-23-15(27-16)14-3-1-2-4-21-14/h1-4,11-13H,5-10H2. The molecule has 2 unspecified atom stereocenters. The molecule has 0 aliphatic heterocycles. The monoisotopic (exact) mass is 382 g/mol. The molecule has 27 heavy (non-hydrogen) atoms. The van der Waals surface area contributed by atoms with Crippen LogP contribution in [-0.2, 0) is 11.0 Å². The Morgan fingerprint density at radius 1 is 1.07 bits per heavy atom. The highest BCUT2D eigenvalue weighted by atomic mass is 35.5. The van der Waals surface area contributed by atoms with Gasteiger partial charge in [0.05, 0.1) is 11.0 Å². The number of rotatable bonds is 3. The topological polar surface area (TPSA) is 82.5 Å². The van der Waals surface area contributed by atoms with Gasteiger partial charge >= 0.3 is 0 Å². The van der Waals surface area contributed by atoms with Gasteiger partial charge in [-0.15, -0.1) is 15.3 Å². The second-order valence-corrected chi connectivity index (χ2v) is 8.89. The predicted octanol–water partition coefficient (Wildman–Crippen LogP) is 3.62. The van der Waals surface area contributed by atoms with Gasteiger partial charge < -0.3 is 4.42 Å². The highest BCUT2D eigenvalue weighted by molar-refractivity contribution is 6.28. The first-order chi connectivity index (χ1) is 13.1. The van der Waals surface area contributed by atoms with Crippen molar-refractivity contribution in [3.05, 3.63) is 41.9 Å². The van der Waals surface area contributed by atoms with E-state index in [2.05, 4.69) is 25.3 Å². The molecule has 4 aliphatic rings. The van der Waals surface area contributed by atoms with Crippen molar-refractivity contribution in [2.45, 2.75) is 49.5 Å². The zero-order chi connectivity index (χ0) is 18.1. The molecule has 138 valence electrons. The van der Waals surface area contributed by atoms with Gasteiger partial charge in [0.1, 0.15) is 12.0 Å². The largest absolute Gasteiger partial charge is 0.419 e. The SMILES string of the molecule is Clc1ncn(C23CC4CC(CC(c5nnc(-c6ccccn6)o5)(C4)C2)C3)n1. The fraction of sp³-hybridized carbons (Fsp3) is 0.526. The minimum Gasteiger partial charge on any atom is -0.419 e. The first kappa shape index (κ1) is 15.7. The Morgan fingerprint density at radius 3 is 2.63 bits per heavy atom. The van der Waals surface area contributed by atoms with Crippen molar-refractivity contribution < 1.29 is 4.42 Å². The van der Waals surface area contributed by atoms with E-state index in [1.807, 2.05) is 22.9 Å². The first-order valence-electron chi connectivity index (χ1n) is 9.47. The molecule has 4 aliphatic carbocycles. The minimum absolute atomic E-state index is 0.0378. The molecule has 0 aromatic carbocycles. The number of hydrogen-bond acceptors (Lipinski definition) is 6. The fourth-order valence-electron chi connectivity index (χ4n) is 6.23. The molecule has 0 radical (unpaired) electrons. The second-order valence-electron chi connectivity index (χ2n) is 8.55. The minimum atomic E-state index is -0.0808. The normalized spacial score (nSPS) is 34.3. The average Bonchev–Trinajstić information content (AvgIpc) is 3.31. The zero-order valence-electron chi connectivity index (χ0n) is 14.8. The molecule has 7 nitrogen and oxygen atoms in total. The molecule has 4 bridgehead atoms. The van der Waals surface area contributed by atoms with Crippen LogP contribution in [0, 0.1) is 11.8 Å². The predicted molar refractivity (Wildman–Crippen MR) is 96.9 cm³/mol. The molecule has 8 heteroatoms. The third-order valence-corrected chi connectivity index (χ3v) is 6.92. The van der Waals surface area contributed by atoms with Crippen LogP contribution in [0.1, 0.15) is 44.4 Å². The van der Waals surface area contributed by atoms with Crippen molar-refractivity contribution in [1.29, 1.82) is 0 Å². The Hall–Kier alpha value is -2.28. The van der Waals surface area contributed by atoms with Crippen LogP contribution in [0.4, 0.5) is 0 Å². The molecule has 0 amide bonds. The Kier molecular flexibility index (Phi) is 3.14. The third-order valence-electron chi connectivity index (χ3n) is 6.74. The summed E-state index contributed by atoms with van der Waals surface area (Å²) in [7, 11) is 0. The van der Waals surface area contributed by atoms with Gasteiger partial charge in [-0.1, -0.05) is 6.07 Å². The number of halogens is 1. The Morgan fingerprint density at radius 2 is 1.93 bits per heavy atom. The quantitative estimate of drug-likeness (QED) is 0.688. The second kappa shape index (κ2) is 5.38. The molecule has 4 fully saturated rings. The van der Waals surface area contributed by atoms with Crippen LogP contribution in [0.15, 0.2) is 35.1 Å². The molecule has 3 aromatic heterocycles. The van der Waals surface area contributed by atoms with Gasteiger partial charge in [0, 0.05) is 6.20 Å². The Labute approximate surface area is 161 Å². The Bertz CT molecular complexity index is 985. The van der Waals surface area contributed by atoms with E-state index in [-0.39, 0.29) is 11.0 Å². The van der Waals surface area contributed by atoms with Crippen molar-refractivity contribution in [3.63, 3.8) is 0 Å². The summed E-state index contributed by atoms with van der Waals surface area (Å²) >= 11 is 6.03. The maximum Gasteiger partial charge on any atom is 0.266 e. The van der Waals surface area contributed by atoms with E-state index in [4.69, 9.17) is 16.0 Å². The van der Waals surface area contributed by atoms with Gasteiger partial charge in [0.2, 0.25) is 11.2 Å². The molecule has 0 N–H and O–H groups in total. The summed E-state index contributed by atoms with van der Waals surface area (Å²) in [5.41, 5.74) is 0.602. The van der Waals surface area contributed by atoms with E-state index in [1.54, 1.807) is 12.5 Å². The molecule has 7 rings (SSSR count). The van der Waals surface area contributed by atoms with Crippen molar-refractivity contribution in [2.24, 2.45) is 11.8 Å². The molecule has 0 spiro atoms. The van der Waals surface area contributed by atoms with Crippen LogP contribution in [0.25, 0.3) is 11.6 Å². The maximum absolute atomic E-state index is 6.18. The van der Waals surface area contributed by atoms with Crippen LogP contribution < -0.4 is 0 Å². The van der Waals surface area contributed by atoms with Crippen LogP contribution in [0.5, 0.6) is 0 Å². The van der Waals surface area contributed by atoms with E-state index >= 15 is 0 Å². The zero-order valence-corrected chi connectivity index (χ0v) is 15.5. The van der Waals surface area contributed by atoms with Gasteiger partial charge in [-0.05, 0) is 74.1 Å². The molecule has 3 heterocycles. The van der Waals surface area contributed by atoms with E-state index < -0.39 is 0 Å². The molecular formula is C19H19ClN6O. The number of aromatic nitrogens is 6. The summed E-state index contributed by atoms with van der Waals surface area (Å²) in [4.78, 5) is 8.51. The molecule has 0 saturated heterocycles. The lowest BCUT2D eigenvalue weighted by Crippen LogP contribution is -2.58. The van der Waals surface area contributed by atoms with Crippen LogP contribution in [-0.4, -0.2) is 29.9 Å². The number of nitrogens with zero attached hydrogens (tertiary/aromatic N) is 6. The summed E-state index contributed by atoms with van der Waals surface area (Å²) in [6.07, 6.45) is 10.3. The molecule has 2 atom stereocenters. The summed E-state index contributed by atoms with van der Waals surface area (Å²) < 4.78 is 8.20. The van der Waals surface area contributed by atoms with E-state index in [1.165, 1.54) is 6.42 Å². The maximum atomic E-state index is 6.18. The van der Waals surface area contributed by atoms with Crippen LogP contribution in [0.2, 0.25) is 5.28 Å². The summed E-state index contributed by atoms with van der Waals surface area (Å²) in [6, 6.07) is 5.71. The summed E-state index contributed by atoms with van der Waals surface area (Å²) in [5, 5.41) is 13.6. The van der Waals surface area contributed by atoms with E-state index in [0.717, 1.165) is 43.7 Å². The van der Waals surface area contributed by atoms with Gasteiger partial charge in [-0.3, -0.25) is 4.98 Å². The third kappa shape index (κ3) is 2.30. The molecule has 3 aromatic rings. The first-order valence-corrected chi connectivity index (χ1v) is 9.85. The lowest BCUT2D eigenvalue weighted by atomic mass is 9.47. The lowest BCUT2D eigenvalue weighted by Gasteiger charge is -2.60. The van der Waals surface area contributed by atoms with Crippen molar-refractivity contribution in [1.82, 2.24) is 29.9 Å². The van der Waals surface area contributed by atoms with Crippen molar-refractivity contribution >= 4 is 11.6 Å².